The van der Waals surface area contributed by atoms with Gasteiger partial charge in [-0.05, 0) is 80.5 Å². The summed E-state index contributed by atoms with van der Waals surface area (Å²) in [7, 11) is 0. The molecule has 47 heavy (non-hydrogen) atoms. The zero-order valence-corrected chi connectivity index (χ0v) is 24.8. The van der Waals surface area contributed by atoms with Gasteiger partial charge in [-0.15, -0.1) is 0 Å². The molecule has 0 aromatic heterocycles. The molecule has 0 spiro atoms. The summed E-state index contributed by atoms with van der Waals surface area (Å²) in [5, 5.41) is 14.9. The number of hydrogen-bond donors (Lipinski definition) is 0. The molecule has 0 heterocycles. The Kier molecular flexibility index (Phi) is 7.40. The second-order valence-corrected chi connectivity index (χ2v) is 11.1. The molecule has 0 saturated carbocycles. The van der Waals surface area contributed by atoms with E-state index in [4.69, 9.17) is 6.57 Å². The molecule has 0 aliphatic carbocycles. The van der Waals surface area contributed by atoms with E-state index in [2.05, 4.69) is 10.9 Å². The van der Waals surface area contributed by atoms with Crippen LogP contribution in [0.15, 0.2) is 133 Å². The van der Waals surface area contributed by atoms with Gasteiger partial charge in [-0.2, -0.15) is 18.4 Å². The minimum atomic E-state index is -4.43. The molecule has 3 nitrogen and oxygen atoms in total. The van der Waals surface area contributed by atoms with Gasteiger partial charge >= 0.3 is 6.18 Å². The Morgan fingerprint density at radius 3 is 1.87 bits per heavy atom. The van der Waals surface area contributed by atoms with Crippen LogP contribution in [0.2, 0.25) is 0 Å². The van der Waals surface area contributed by atoms with Crippen LogP contribution in [0.5, 0.6) is 0 Å². The predicted octanol–water partition coefficient (Wildman–Crippen LogP) is 12.2. The molecule has 0 bridgehead atoms. The van der Waals surface area contributed by atoms with Crippen molar-refractivity contribution in [3.63, 3.8) is 0 Å². The Hall–Kier alpha value is -6.37. The van der Waals surface area contributed by atoms with E-state index in [0.717, 1.165) is 67.0 Å². The van der Waals surface area contributed by atoms with Crippen molar-refractivity contribution in [1.82, 2.24) is 0 Å². The summed E-state index contributed by atoms with van der Waals surface area (Å²) >= 11 is 0. The first-order valence-corrected chi connectivity index (χ1v) is 14.8. The Morgan fingerprint density at radius 2 is 1.19 bits per heavy atom. The van der Waals surface area contributed by atoms with Crippen molar-refractivity contribution < 1.29 is 13.2 Å². The molecular weight excluding hydrogens is 591 g/mol. The summed E-state index contributed by atoms with van der Waals surface area (Å²) in [6.45, 7) is 7.87. The molecule has 0 atom stereocenters. The first-order chi connectivity index (χ1) is 22.9. The monoisotopic (exact) mass is 615 g/mol. The zero-order chi connectivity index (χ0) is 32.5. The highest BCUT2D eigenvalue weighted by Crippen LogP contribution is 2.41. The molecule has 0 N–H and O–H groups in total. The Bertz CT molecular complexity index is 2410. The van der Waals surface area contributed by atoms with Crippen LogP contribution in [-0.4, -0.2) is 0 Å². The van der Waals surface area contributed by atoms with Crippen LogP contribution in [0.25, 0.3) is 49.3 Å². The summed E-state index contributed by atoms with van der Waals surface area (Å²) in [5.74, 6) is 0. The van der Waals surface area contributed by atoms with Crippen molar-refractivity contribution in [2.45, 2.75) is 6.18 Å². The first kappa shape index (κ1) is 29.3. The summed E-state index contributed by atoms with van der Waals surface area (Å²) in [4.78, 5) is 5.79. The third kappa shape index (κ3) is 5.43. The number of alkyl halides is 3. The Labute approximate surface area is 269 Å². The van der Waals surface area contributed by atoms with Gasteiger partial charge in [0.25, 0.3) is 0 Å². The smallest absolute Gasteiger partial charge is 0.310 e. The van der Waals surface area contributed by atoms with Crippen molar-refractivity contribution in [3.05, 3.63) is 167 Å². The Balaban J connectivity index is 1.26. The highest BCUT2D eigenvalue weighted by molar-refractivity contribution is 6.15. The van der Waals surface area contributed by atoms with E-state index in [9.17, 15) is 18.4 Å². The van der Waals surface area contributed by atoms with Crippen molar-refractivity contribution in [2.24, 2.45) is 0 Å². The minimum Gasteiger partial charge on any atom is -0.310 e. The van der Waals surface area contributed by atoms with Crippen molar-refractivity contribution >= 4 is 67.2 Å². The van der Waals surface area contributed by atoms with E-state index in [1.54, 1.807) is 0 Å². The second kappa shape index (κ2) is 11.9. The number of nitriles is 1. The lowest BCUT2D eigenvalue weighted by molar-refractivity contribution is -0.137. The first-order valence-electron chi connectivity index (χ1n) is 14.8. The number of nitrogens with zero attached hydrogens (tertiary/aromatic N) is 3. The van der Waals surface area contributed by atoms with Crippen LogP contribution in [0.3, 0.4) is 0 Å². The van der Waals surface area contributed by atoms with Crippen LogP contribution in [0.1, 0.15) is 22.3 Å². The maximum atomic E-state index is 13.4. The molecule has 0 saturated heterocycles. The fourth-order valence-corrected chi connectivity index (χ4v) is 6.08. The van der Waals surface area contributed by atoms with Crippen LogP contribution >= 0.6 is 0 Å². The second-order valence-electron chi connectivity index (χ2n) is 11.1. The van der Waals surface area contributed by atoms with E-state index < -0.39 is 11.7 Å². The van der Waals surface area contributed by atoms with Gasteiger partial charge in [0, 0.05) is 16.8 Å². The van der Waals surface area contributed by atoms with E-state index in [1.165, 1.54) is 12.1 Å². The molecule has 224 valence electrons. The van der Waals surface area contributed by atoms with Gasteiger partial charge < -0.3 is 4.90 Å². The van der Waals surface area contributed by atoms with Gasteiger partial charge in [0.1, 0.15) is 6.07 Å². The standard InChI is InChI=1S/C41H24F3N3/c1-46-40-36-11-5-4-10-34(36)38(26-45)35-24-17-28(25-37(35)40)14-13-27-15-20-31(21-16-27)47(32-22-18-30(19-23-32)41(42,43)44)39-12-6-8-29-7-2-3-9-33(29)39/h2-25H. The van der Waals surface area contributed by atoms with E-state index >= 15 is 0 Å². The maximum absolute atomic E-state index is 13.4. The SMILES string of the molecule is [C-]#[N+]c1c2ccccc2c(C#N)c2ccc(C=Cc3ccc(N(c4ccc(C(F)(F)F)cc4)c4cccc5ccccc45)cc3)cc12. The van der Waals surface area contributed by atoms with Crippen molar-refractivity contribution in [1.29, 1.82) is 5.26 Å². The summed E-state index contributed by atoms with van der Waals surface area (Å²) < 4.78 is 40.1. The molecule has 0 amide bonds. The van der Waals surface area contributed by atoms with Crippen LogP contribution in [-0.2, 0) is 6.18 Å². The van der Waals surface area contributed by atoms with Crippen LogP contribution < -0.4 is 4.90 Å². The Morgan fingerprint density at radius 1 is 0.617 bits per heavy atom. The number of anilines is 3. The van der Waals surface area contributed by atoms with Crippen molar-refractivity contribution in [3.8, 4) is 6.07 Å². The average molecular weight is 616 g/mol. The zero-order valence-electron chi connectivity index (χ0n) is 24.8. The third-order valence-electron chi connectivity index (χ3n) is 8.32. The highest BCUT2D eigenvalue weighted by atomic mass is 19.4. The molecular formula is C41H24F3N3. The number of rotatable bonds is 5. The van der Waals surface area contributed by atoms with Gasteiger partial charge in [-0.1, -0.05) is 103 Å². The quantitative estimate of drug-likeness (QED) is 0.110. The van der Waals surface area contributed by atoms with Gasteiger partial charge in [-0.25, -0.2) is 4.85 Å². The molecule has 0 radical (unpaired) electrons. The molecule has 6 heteroatoms. The fraction of sp³-hybridized carbons (Fsp3) is 0.0244. The topological polar surface area (TPSA) is 31.4 Å². The lowest BCUT2D eigenvalue weighted by atomic mass is 9.94. The van der Waals surface area contributed by atoms with E-state index in [0.29, 0.717) is 16.9 Å². The largest absolute Gasteiger partial charge is 0.416 e. The number of benzene rings is 7. The molecule has 7 rings (SSSR count). The van der Waals surface area contributed by atoms with Gasteiger partial charge in [0.05, 0.1) is 23.4 Å². The van der Waals surface area contributed by atoms with Crippen LogP contribution in [0, 0.1) is 17.9 Å². The third-order valence-corrected chi connectivity index (χ3v) is 8.32. The maximum Gasteiger partial charge on any atom is 0.416 e. The van der Waals surface area contributed by atoms with Crippen molar-refractivity contribution in [2.75, 3.05) is 4.90 Å². The highest BCUT2D eigenvalue weighted by Gasteiger charge is 2.30. The minimum absolute atomic E-state index is 0.519. The number of halogens is 3. The van der Waals surface area contributed by atoms with Gasteiger partial charge in [0.15, 0.2) is 0 Å². The number of hydrogen-bond acceptors (Lipinski definition) is 2. The van der Waals surface area contributed by atoms with Gasteiger partial charge in [-0.3, -0.25) is 0 Å². The molecule has 0 aliphatic heterocycles. The van der Waals surface area contributed by atoms with E-state index in [1.807, 2.05) is 126 Å². The van der Waals surface area contributed by atoms with Crippen LogP contribution in [0.4, 0.5) is 35.9 Å². The fourth-order valence-electron chi connectivity index (χ4n) is 6.08. The lowest BCUT2D eigenvalue weighted by Crippen LogP contribution is -2.11. The average Bonchev–Trinajstić information content (AvgIpc) is 3.10. The molecule has 0 aliphatic rings. The lowest BCUT2D eigenvalue weighted by Gasteiger charge is -2.27. The normalized spacial score (nSPS) is 11.6. The molecule has 0 fully saturated rings. The molecule has 7 aromatic rings. The molecule has 7 aromatic carbocycles. The van der Waals surface area contributed by atoms with E-state index in [-0.39, 0.29) is 0 Å². The summed E-state index contributed by atoms with van der Waals surface area (Å²) in [5.41, 5.74) is 4.42. The summed E-state index contributed by atoms with van der Waals surface area (Å²) in [6, 6.07) is 42.4. The number of fused-ring (bicyclic) bond motifs is 3. The summed E-state index contributed by atoms with van der Waals surface area (Å²) in [6.07, 6.45) is -0.498. The predicted molar refractivity (Wildman–Crippen MR) is 185 cm³/mol. The molecule has 0 unspecified atom stereocenters. The van der Waals surface area contributed by atoms with Gasteiger partial charge in [0.2, 0.25) is 5.69 Å².